The smallest absolute Gasteiger partial charge is 0.175 e. The summed E-state index contributed by atoms with van der Waals surface area (Å²) < 4.78 is 0. The zero-order chi connectivity index (χ0) is 11.4. The van der Waals surface area contributed by atoms with Gasteiger partial charge in [0.2, 0.25) is 0 Å². The summed E-state index contributed by atoms with van der Waals surface area (Å²) >= 11 is 0. The summed E-state index contributed by atoms with van der Waals surface area (Å²) in [6.07, 6.45) is 6.47. The van der Waals surface area contributed by atoms with Crippen LogP contribution in [0.5, 0.6) is 0 Å². The Balaban J connectivity index is 1.96. The molecule has 0 spiro atoms. The highest BCUT2D eigenvalue weighted by Crippen LogP contribution is 2.32. The average Bonchev–Trinajstić information content (AvgIpc) is 2.88. The van der Waals surface area contributed by atoms with Crippen molar-refractivity contribution < 1.29 is 0 Å². The number of rotatable bonds is 5. The summed E-state index contributed by atoms with van der Waals surface area (Å²) in [7, 11) is 3.84. The van der Waals surface area contributed by atoms with Crippen molar-refractivity contribution in [3.8, 4) is 0 Å². The van der Waals surface area contributed by atoms with Crippen LogP contribution in [0.2, 0.25) is 0 Å². The van der Waals surface area contributed by atoms with Gasteiger partial charge in [-0.2, -0.15) is 4.80 Å². The first kappa shape index (κ1) is 11.5. The normalized spacial score (nSPS) is 19.1. The molecule has 1 atom stereocenters. The van der Waals surface area contributed by atoms with Gasteiger partial charge < -0.3 is 5.32 Å². The van der Waals surface area contributed by atoms with Crippen LogP contribution < -0.4 is 5.32 Å². The number of nitrogens with one attached hydrogen (secondary N) is 1. The van der Waals surface area contributed by atoms with E-state index in [1.807, 2.05) is 14.1 Å². The molecular formula is C11H21N5. The molecule has 1 heterocycles. The van der Waals surface area contributed by atoms with Crippen LogP contribution in [-0.4, -0.2) is 33.8 Å². The monoisotopic (exact) mass is 223 g/mol. The lowest BCUT2D eigenvalue weighted by molar-refractivity contribution is 0.323. The Morgan fingerprint density at radius 3 is 2.75 bits per heavy atom. The molecule has 0 saturated heterocycles. The van der Waals surface area contributed by atoms with Gasteiger partial charge in [-0.3, -0.25) is 0 Å². The van der Waals surface area contributed by atoms with Crippen molar-refractivity contribution in [3.63, 3.8) is 0 Å². The van der Waals surface area contributed by atoms with Crippen LogP contribution in [0.15, 0.2) is 0 Å². The number of hydrogen-bond donors (Lipinski definition) is 1. The van der Waals surface area contributed by atoms with E-state index in [1.165, 1.54) is 25.7 Å². The lowest BCUT2D eigenvalue weighted by atomic mass is 9.88. The second-order valence-corrected chi connectivity index (χ2v) is 4.76. The minimum Gasteiger partial charge on any atom is -0.319 e. The van der Waals surface area contributed by atoms with Crippen LogP contribution >= 0.6 is 0 Å². The Hall–Kier alpha value is -0.970. The van der Waals surface area contributed by atoms with E-state index >= 15 is 0 Å². The molecular weight excluding hydrogens is 202 g/mol. The van der Waals surface area contributed by atoms with Gasteiger partial charge in [0.25, 0.3) is 0 Å². The lowest BCUT2D eigenvalue weighted by Crippen LogP contribution is -2.27. The Morgan fingerprint density at radius 2 is 2.19 bits per heavy atom. The third-order valence-corrected chi connectivity index (χ3v) is 3.53. The molecule has 1 aliphatic carbocycles. The van der Waals surface area contributed by atoms with Crippen LogP contribution in [0.25, 0.3) is 0 Å². The molecule has 90 valence electrons. The van der Waals surface area contributed by atoms with Crippen molar-refractivity contribution in [1.82, 2.24) is 25.5 Å². The highest BCUT2D eigenvalue weighted by atomic mass is 15.6. The molecule has 1 aliphatic rings. The minimum absolute atomic E-state index is 0.664. The molecule has 1 saturated carbocycles. The van der Waals surface area contributed by atoms with E-state index in [-0.39, 0.29) is 0 Å². The molecule has 5 nitrogen and oxygen atoms in total. The van der Waals surface area contributed by atoms with E-state index in [1.54, 1.807) is 4.80 Å². The molecule has 0 aromatic carbocycles. The molecule has 1 aromatic heterocycles. The van der Waals surface area contributed by atoms with Crippen LogP contribution in [0, 0.1) is 11.8 Å². The topological polar surface area (TPSA) is 55.6 Å². The predicted octanol–water partition coefficient (Wildman–Crippen LogP) is 0.778. The van der Waals surface area contributed by atoms with Gasteiger partial charge in [-0.15, -0.1) is 10.2 Å². The summed E-state index contributed by atoms with van der Waals surface area (Å²) in [5.74, 6) is 2.39. The fraction of sp³-hybridized carbons (Fsp3) is 0.909. The summed E-state index contributed by atoms with van der Waals surface area (Å²) in [6.45, 7) is 1.06. The number of tetrazole rings is 1. The van der Waals surface area contributed by atoms with E-state index in [9.17, 15) is 0 Å². The number of aryl methyl sites for hydroxylation is 1. The maximum absolute atomic E-state index is 4.27. The third kappa shape index (κ3) is 2.78. The number of hydrogen-bond acceptors (Lipinski definition) is 4. The van der Waals surface area contributed by atoms with E-state index in [0.29, 0.717) is 5.92 Å². The minimum atomic E-state index is 0.664. The van der Waals surface area contributed by atoms with Crippen molar-refractivity contribution in [2.45, 2.75) is 32.1 Å². The molecule has 0 aliphatic heterocycles. The molecule has 0 bridgehead atoms. The number of nitrogens with zero attached hydrogens (tertiary/aromatic N) is 4. The first-order valence-electron chi connectivity index (χ1n) is 6.17. The van der Waals surface area contributed by atoms with Gasteiger partial charge in [0, 0.05) is 6.42 Å². The molecule has 1 aromatic rings. The molecule has 1 fully saturated rings. The first-order chi connectivity index (χ1) is 7.79. The SMILES string of the molecule is CNCC(Cc1nnn(C)n1)C1CCCC1. The molecule has 0 radical (unpaired) electrons. The Labute approximate surface area is 96.6 Å². The first-order valence-corrected chi connectivity index (χ1v) is 6.17. The van der Waals surface area contributed by atoms with Gasteiger partial charge in [0.05, 0.1) is 7.05 Å². The highest BCUT2D eigenvalue weighted by molar-refractivity contribution is 4.86. The summed E-state index contributed by atoms with van der Waals surface area (Å²) in [5, 5.41) is 15.5. The van der Waals surface area contributed by atoms with E-state index in [4.69, 9.17) is 0 Å². The predicted molar refractivity (Wildman–Crippen MR) is 61.9 cm³/mol. The fourth-order valence-electron chi connectivity index (χ4n) is 2.74. The van der Waals surface area contributed by atoms with Gasteiger partial charge >= 0.3 is 0 Å². The Kier molecular flexibility index (Phi) is 3.88. The lowest BCUT2D eigenvalue weighted by Gasteiger charge is -2.21. The molecule has 5 heteroatoms. The zero-order valence-electron chi connectivity index (χ0n) is 10.2. The molecule has 1 unspecified atom stereocenters. The second kappa shape index (κ2) is 5.39. The highest BCUT2D eigenvalue weighted by Gasteiger charge is 2.25. The fourth-order valence-corrected chi connectivity index (χ4v) is 2.74. The van der Waals surface area contributed by atoms with Gasteiger partial charge in [-0.1, -0.05) is 25.7 Å². The maximum atomic E-state index is 4.27. The van der Waals surface area contributed by atoms with Crippen molar-refractivity contribution in [3.05, 3.63) is 5.82 Å². The second-order valence-electron chi connectivity index (χ2n) is 4.76. The Bertz CT molecular complexity index is 316. The zero-order valence-corrected chi connectivity index (χ0v) is 10.2. The van der Waals surface area contributed by atoms with Gasteiger partial charge in [0.1, 0.15) is 0 Å². The quantitative estimate of drug-likeness (QED) is 0.801. The average molecular weight is 223 g/mol. The van der Waals surface area contributed by atoms with Crippen molar-refractivity contribution in [2.75, 3.05) is 13.6 Å². The molecule has 0 amide bonds. The van der Waals surface area contributed by atoms with Gasteiger partial charge in [-0.25, -0.2) is 0 Å². The largest absolute Gasteiger partial charge is 0.319 e. The van der Waals surface area contributed by atoms with Gasteiger partial charge in [0.15, 0.2) is 5.82 Å². The van der Waals surface area contributed by atoms with E-state index in [2.05, 4.69) is 20.7 Å². The van der Waals surface area contributed by atoms with Crippen molar-refractivity contribution in [2.24, 2.45) is 18.9 Å². The Morgan fingerprint density at radius 1 is 1.44 bits per heavy atom. The van der Waals surface area contributed by atoms with Crippen molar-refractivity contribution in [1.29, 1.82) is 0 Å². The summed E-state index contributed by atoms with van der Waals surface area (Å²) in [5.41, 5.74) is 0. The molecule has 16 heavy (non-hydrogen) atoms. The molecule has 1 N–H and O–H groups in total. The van der Waals surface area contributed by atoms with Gasteiger partial charge in [-0.05, 0) is 30.6 Å². The third-order valence-electron chi connectivity index (χ3n) is 3.53. The van der Waals surface area contributed by atoms with Crippen LogP contribution in [0.3, 0.4) is 0 Å². The van der Waals surface area contributed by atoms with E-state index in [0.717, 1.165) is 24.7 Å². The standard InChI is InChI=1S/C11H21N5/c1-12-8-10(9-5-3-4-6-9)7-11-13-15-16(2)14-11/h9-10,12H,3-8H2,1-2H3. The van der Waals surface area contributed by atoms with Crippen LogP contribution in [-0.2, 0) is 13.5 Å². The number of aromatic nitrogens is 4. The molecule has 2 rings (SSSR count). The van der Waals surface area contributed by atoms with Crippen molar-refractivity contribution >= 4 is 0 Å². The summed E-state index contributed by atoms with van der Waals surface area (Å²) in [6, 6.07) is 0. The van der Waals surface area contributed by atoms with Crippen LogP contribution in [0.4, 0.5) is 0 Å². The van der Waals surface area contributed by atoms with E-state index < -0.39 is 0 Å². The summed E-state index contributed by atoms with van der Waals surface area (Å²) in [4.78, 5) is 1.54. The van der Waals surface area contributed by atoms with Crippen LogP contribution in [0.1, 0.15) is 31.5 Å². The maximum Gasteiger partial charge on any atom is 0.175 e.